The Morgan fingerprint density at radius 1 is 1.08 bits per heavy atom. The minimum absolute atomic E-state index is 0.0205. The van der Waals surface area contributed by atoms with Crippen LogP contribution in [0.3, 0.4) is 0 Å². The maximum atomic E-state index is 12.8. The number of hydrogen-bond acceptors (Lipinski definition) is 4. The number of benzene rings is 1. The fraction of sp³-hybridized carbons (Fsp3) is 0.389. The molecule has 0 saturated carbocycles. The highest BCUT2D eigenvalue weighted by molar-refractivity contribution is 5.79. The number of piperazine rings is 1. The maximum absolute atomic E-state index is 12.8. The van der Waals surface area contributed by atoms with Gasteiger partial charge < -0.3 is 9.80 Å². The Kier molecular flexibility index (Phi) is 5.11. The van der Waals surface area contributed by atoms with E-state index >= 15 is 0 Å². The van der Waals surface area contributed by atoms with E-state index in [-0.39, 0.29) is 11.7 Å². The summed E-state index contributed by atoms with van der Waals surface area (Å²) >= 11 is 0. The molecular formula is C18H19F3N4O. The molecule has 0 radical (unpaired) electrons. The molecular weight excluding hydrogens is 345 g/mol. The quantitative estimate of drug-likeness (QED) is 0.840. The molecule has 2 heterocycles. The second-order valence-electron chi connectivity index (χ2n) is 6.29. The van der Waals surface area contributed by atoms with Crippen molar-refractivity contribution in [3.8, 4) is 0 Å². The van der Waals surface area contributed by atoms with Crippen molar-refractivity contribution in [1.29, 1.82) is 0 Å². The van der Waals surface area contributed by atoms with Gasteiger partial charge in [-0.3, -0.25) is 4.79 Å². The highest BCUT2D eigenvalue weighted by Gasteiger charge is 2.33. The summed E-state index contributed by atoms with van der Waals surface area (Å²) in [7, 11) is 0. The lowest BCUT2D eigenvalue weighted by Crippen LogP contribution is -2.49. The number of halogens is 3. The average molecular weight is 364 g/mol. The molecule has 0 bridgehead atoms. The van der Waals surface area contributed by atoms with Gasteiger partial charge in [0.05, 0.1) is 6.42 Å². The van der Waals surface area contributed by atoms with Crippen molar-refractivity contribution in [3.05, 3.63) is 53.5 Å². The van der Waals surface area contributed by atoms with E-state index in [1.54, 1.807) is 9.80 Å². The molecule has 1 aliphatic rings. The number of aromatic nitrogens is 2. The van der Waals surface area contributed by atoms with Crippen LogP contribution in [0, 0.1) is 6.92 Å². The highest BCUT2D eigenvalue weighted by atomic mass is 19.4. The van der Waals surface area contributed by atoms with Crippen LogP contribution in [0.2, 0.25) is 0 Å². The minimum atomic E-state index is -4.50. The molecule has 8 heteroatoms. The number of nitrogens with zero attached hydrogens (tertiary/aromatic N) is 4. The van der Waals surface area contributed by atoms with Crippen molar-refractivity contribution in [2.75, 3.05) is 31.1 Å². The zero-order valence-electron chi connectivity index (χ0n) is 14.3. The molecule has 3 rings (SSSR count). The Bertz CT molecular complexity index is 769. The van der Waals surface area contributed by atoms with Gasteiger partial charge in [-0.25, -0.2) is 9.97 Å². The lowest BCUT2D eigenvalue weighted by Gasteiger charge is -2.35. The van der Waals surface area contributed by atoms with Gasteiger partial charge in [-0.2, -0.15) is 13.2 Å². The standard InChI is InChI=1S/C18H19F3N4O/c1-13-2-4-14(5-3-13)10-17(26)25-8-6-24(7-9-25)16-11-15(18(19,20)21)22-12-23-16/h2-5,11-12H,6-10H2,1H3. The van der Waals surface area contributed by atoms with Gasteiger partial charge in [0, 0.05) is 32.2 Å². The molecule has 0 aliphatic carbocycles. The van der Waals surface area contributed by atoms with Gasteiger partial charge in [-0.05, 0) is 12.5 Å². The van der Waals surface area contributed by atoms with Crippen LogP contribution in [0.15, 0.2) is 36.7 Å². The van der Waals surface area contributed by atoms with Crippen LogP contribution in [-0.4, -0.2) is 47.0 Å². The molecule has 0 spiro atoms. The van der Waals surface area contributed by atoms with E-state index in [2.05, 4.69) is 9.97 Å². The van der Waals surface area contributed by atoms with E-state index in [0.29, 0.717) is 32.6 Å². The van der Waals surface area contributed by atoms with Crippen LogP contribution in [0.1, 0.15) is 16.8 Å². The highest BCUT2D eigenvalue weighted by Crippen LogP contribution is 2.29. The lowest BCUT2D eigenvalue weighted by molar-refractivity contribution is -0.141. The molecule has 1 aromatic carbocycles. The molecule has 1 fully saturated rings. The van der Waals surface area contributed by atoms with Crippen LogP contribution in [0.4, 0.5) is 19.0 Å². The third kappa shape index (κ3) is 4.30. The molecule has 5 nitrogen and oxygen atoms in total. The predicted octanol–water partition coefficient (Wildman–Crippen LogP) is 2.70. The molecule has 1 amide bonds. The third-order valence-electron chi connectivity index (χ3n) is 4.38. The fourth-order valence-electron chi connectivity index (χ4n) is 2.85. The predicted molar refractivity (Wildman–Crippen MR) is 90.7 cm³/mol. The summed E-state index contributed by atoms with van der Waals surface area (Å²) in [5.41, 5.74) is 1.13. The Morgan fingerprint density at radius 3 is 2.35 bits per heavy atom. The summed E-state index contributed by atoms with van der Waals surface area (Å²) in [6.07, 6.45) is -3.25. The first-order valence-electron chi connectivity index (χ1n) is 8.30. The van der Waals surface area contributed by atoms with Crippen LogP contribution >= 0.6 is 0 Å². The van der Waals surface area contributed by atoms with Crippen molar-refractivity contribution >= 4 is 11.7 Å². The molecule has 0 unspecified atom stereocenters. The Labute approximate surface area is 149 Å². The monoisotopic (exact) mass is 364 g/mol. The molecule has 1 aromatic heterocycles. The molecule has 0 N–H and O–H groups in total. The van der Waals surface area contributed by atoms with E-state index < -0.39 is 11.9 Å². The fourth-order valence-corrected chi connectivity index (χ4v) is 2.85. The molecule has 1 saturated heterocycles. The average Bonchev–Trinajstić information content (AvgIpc) is 2.63. The van der Waals surface area contributed by atoms with Gasteiger partial charge in [0.15, 0.2) is 0 Å². The number of carbonyl (C=O) groups excluding carboxylic acids is 1. The third-order valence-corrected chi connectivity index (χ3v) is 4.38. The van der Waals surface area contributed by atoms with Gasteiger partial charge in [0.1, 0.15) is 17.8 Å². The van der Waals surface area contributed by atoms with Gasteiger partial charge >= 0.3 is 6.18 Å². The van der Waals surface area contributed by atoms with Crippen molar-refractivity contribution < 1.29 is 18.0 Å². The van der Waals surface area contributed by atoms with Crippen LogP contribution in [0.25, 0.3) is 0 Å². The van der Waals surface area contributed by atoms with E-state index in [1.807, 2.05) is 31.2 Å². The Hall–Kier alpha value is -2.64. The second-order valence-corrected chi connectivity index (χ2v) is 6.29. The van der Waals surface area contributed by atoms with Gasteiger partial charge in [0.2, 0.25) is 5.91 Å². The second kappa shape index (κ2) is 7.31. The van der Waals surface area contributed by atoms with E-state index in [9.17, 15) is 18.0 Å². The first-order chi connectivity index (χ1) is 12.3. The number of aryl methyl sites for hydroxylation is 1. The summed E-state index contributed by atoms with van der Waals surface area (Å²) in [6, 6.07) is 8.75. The first-order valence-corrected chi connectivity index (χ1v) is 8.30. The van der Waals surface area contributed by atoms with Gasteiger partial charge in [-0.1, -0.05) is 29.8 Å². The number of hydrogen-bond donors (Lipinski definition) is 0. The normalized spacial score (nSPS) is 15.2. The molecule has 138 valence electrons. The number of alkyl halides is 3. The smallest absolute Gasteiger partial charge is 0.353 e. The number of amides is 1. The zero-order chi connectivity index (χ0) is 18.7. The van der Waals surface area contributed by atoms with E-state index in [1.165, 1.54) is 0 Å². The number of anilines is 1. The molecule has 1 aliphatic heterocycles. The van der Waals surface area contributed by atoms with Crippen LogP contribution in [-0.2, 0) is 17.4 Å². The van der Waals surface area contributed by atoms with Crippen molar-refractivity contribution in [1.82, 2.24) is 14.9 Å². The largest absolute Gasteiger partial charge is 0.433 e. The minimum Gasteiger partial charge on any atom is -0.353 e. The summed E-state index contributed by atoms with van der Waals surface area (Å²) in [6.45, 7) is 3.77. The zero-order valence-corrected chi connectivity index (χ0v) is 14.3. The summed E-state index contributed by atoms with van der Waals surface area (Å²) in [4.78, 5) is 23.1. The van der Waals surface area contributed by atoms with Gasteiger partial charge in [0.25, 0.3) is 0 Å². The number of carbonyl (C=O) groups is 1. The molecule has 26 heavy (non-hydrogen) atoms. The summed E-state index contributed by atoms with van der Waals surface area (Å²) < 4.78 is 38.3. The van der Waals surface area contributed by atoms with E-state index in [4.69, 9.17) is 0 Å². The topological polar surface area (TPSA) is 49.3 Å². The van der Waals surface area contributed by atoms with Crippen molar-refractivity contribution in [2.45, 2.75) is 19.5 Å². The van der Waals surface area contributed by atoms with Crippen molar-refractivity contribution in [3.63, 3.8) is 0 Å². The number of rotatable bonds is 3. The SMILES string of the molecule is Cc1ccc(CC(=O)N2CCN(c3cc(C(F)(F)F)ncn3)CC2)cc1. The summed E-state index contributed by atoms with van der Waals surface area (Å²) in [5, 5.41) is 0. The maximum Gasteiger partial charge on any atom is 0.433 e. The van der Waals surface area contributed by atoms with Crippen LogP contribution < -0.4 is 4.90 Å². The Balaban J connectivity index is 1.59. The van der Waals surface area contributed by atoms with Crippen molar-refractivity contribution in [2.24, 2.45) is 0 Å². The summed E-state index contributed by atoms with van der Waals surface area (Å²) in [5.74, 6) is 0.255. The lowest BCUT2D eigenvalue weighted by atomic mass is 10.1. The molecule has 2 aromatic rings. The molecule has 0 atom stereocenters. The Morgan fingerprint density at radius 2 is 1.73 bits per heavy atom. The van der Waals surface area contributed by atoms with Gasteiger partial charge in [-0.15, -0.1) is 0 Å². The van der Waals surface area contributed by atoms with Crippen LogP contribution in [0.5, 0.6) is 0 Å². The first kappa shape index (κ1) is 18.2. The van der Waals surface area contributed by atoms with E-state index in [0.717, 1.165) is 23.5 Å².